The Bertz CT molecular complexity index is 829. The van der Waals surface area contributed by atoms with Gasteiger partial charge in [0.1, 0.15) is 5.75 Å². The number of carbonyl (C=O) groups excluding carboxylic acids is 1. The van der Waals surface area contributed by atoms with Crippen LogP contribution in [0.5, 0.6) is 5.75 Å². The summed E-state index contributed by atoms with van der Waals surface area (Å²) < 4.78 is 9.55. The average molecular weight is 407 g/mol. The lowest BCUT2D eigenvalue weighted by molar-refractivity contribution is 0.121. The molecule has 0 N–H and O–H groups in total. The van der Waals surface area contributed by atoms with Crippen molar-refractivity contribution in [3.05, 3.63) is 60.2 Å². The third kappa shape index (κ3) is 5.98. The number of ether oxygens (including phenoxy) is 2. The van der Waals surface area contributed by atoms with Gasteiger partial charge in [-0.25, -0.2) is 4.79 Å². The molecule has 1 unspecified atom stereocenters. The van der Waals surface area contributed by atoms with Gasteiger partial charge >= 0.3 is 6.16 Å². The van der Waals surface area contributed by atoms with Gasteiger partial charge in [-0.3, -0.25) is 0 Å². The lowest BCUT2D eigenvalue weighted by atomic mass is 9.82. The molecule has 0 heterocycles. The Labute approximate surface area is 181 Å². The molecule has 160 valence electrons. The van der Waals surface area contributed by atoms with E-state index in [9.17, 15) is 4.79 Å². The van der Waals surface area contributed by atoms with E-state index < -0.39 is 6.16 Å². The van der Waals surface area contributed by atoms with Crippen LogP contribution in [0.4, 0.5) is 4.79 Å². The van der Waals surface area contributed by atoms with Crippen LogP contribution in [-0.4, -0.2) is 13.3 Å². The van der Waals surface area contributed by atoms with E-state index in [1.54, 1.807) is 12.1 Å². The number of methoxy groups -OCH3 is 1. The first kappa shape index (κ1) is 22.1. The van der Waals surface area contributed by atoms with E-state index in [1.807, 2.05) is 12.1 Å². The van der Waals surface area contributed by atoms with Crippen molar-refractivity contribution in [2.75, 3.05) is 7.11 Å². The number of hydrogen-bond acceptors (Lipinski definition) is 3. The predicted molar refractivity (Wildman–Crippen MR) is 124 cm³/mol. The molecule has 2 aromatic rings. The number of hydrogen-bond donors (Lipinski definition) is 0. The highest BCUT2D eigenvalue weighted by atomic mass is 16.7. The number of allylic oxidation sites excluding steroid dienone is 2. The zero-order valence-corrected chi connectivity index (χ0v) is 18.5. The summed E-state index contributed by atoms with van der Waals surface area (Å²) >= 11 is 0. The third-order valence-electron chi connectivity index (χ3n) is 6.47. The Hall–Kier alpha value is -2.55. The maximum atomic E-state index is 11.2. The van der Waals surface area contributed by atoms with Gasteiger partial charge in [0.05, 0.1) is 7.11 Å². The summed E-state index contributed by atoms with van der Waals surface area (Å²) in [5.41, 5.74) is 5.07. The van der Waals surface area contributed by atoms with E-state index in [0.717, 1.165) is 23.0 Å². The summed E-state index contributed by atoms with van der Waals surface area (Å²) in [7, 11) is 1.30. The van der Waals surface area contributed by atoms with E-state index in [1.165, 1.54) is 63.2 Å². The molecule has 0 saturated heterocycles. The Morgan fingerprint density at radius 1 is 0.967 bits per heavy atom. The van der Waals surface area contributed by atoms with Crippen molar-refractivity contribution in [3.8, 4) is 16.9 Å². The van der Waals surface area contributed by atoms with Crippen LogP contribution in [0.1, 0.15) is 64.4 Å². The highest BCUT2D eigenvalue weighted by molar-refractivity contribution is 5.71. The first-order valence-corrected chi connectivity index (χ1v) is 11.3. The fourth-order valence-corrected chi connectivity index (χ4v) is 4.31. The fourth-order valence-electron chi connectivity index (χ4n) is 4.31. The van der Waals surface area contributed by atoms with E-state index in [4.69, 9.17) is 4.74 Å². The predicted octanol–water partition coefficient (Wildman–Crippen LogP) is 7.90. The number of carbonyl (C=O) groups is 1. The van der Waals surface area contributed by atoms with Crippen molar-refractivity contribution in [2.24, 2.45) is 11.8 Å². The highest BCUT2D eigenvalue weighted by Crippen LogP contribution is 2.34. The molecule has 1 aliphatic carbocycles. The molecule has 0 fully saturated rings. The van der Waals surface area contributed by atoms with Gasteiger partial charge in [0.15, 0.2) is 0 Å². The summed E-state index contributed by atoms with van der Waals surface area (Å²) in [6, 6.07) is 16.3. The second-order valence-corrected chi connectivity index (χ2v) is 8.29. The summed E-state index contributed by atoms with van der Waals surface area (Å²) in [5.74, 6) is 2.25. The largest absolute Gasteiger partial charge is 0.513 e. The molecule has 1 aliphatic rings. The summed E-state index contributed by atoms with van der Waals surface area (Å²) in [6.07, 6.45) is 10.9. The minimum absolute atomic E-state index is 0.480. The van der Waals surface area contributed by atoms with Crippen LogP contribution in [0.15, 0.2) is 54.6 Å². The van der Waals surface area contributed by atoms with Gasteiger partial charge in [-0.05, 0) is 71.9 Å². The molecule has 0 bridgehead atoms. The van der Waals surface area contributed by atoms with Crippen LogP contribution in [0.3, 0.4) is 0 Å². The summed E-state index contributed by atoms with van der Waals surface area (Å²) in [6.45, 7) is 4.64. The highest BCUT2D eigenvalue weighted by Gasteiger charge is 2.17. The lowest BCUT2D eigenvalue weighted by Gasteiger charge is -2.24. The minimum Gasteiger partial charge on any atom is -0.437 e. The molecule has 0 radical (unpaired) electrons. The van der Waals surface area contributed by atoms with Crippen LogP contribution >= 0.6 is 0 Å². The van der Waals surface area contributed by atoms with Gasteiger partial charge in [0.25, 0.3) is 0 Å². The van der Waals surface area contributed by atoms with Gasteiger partial charge in [-0.1, -0.05) is 75.6 Å². The molecular weight excluding hydrogens is 372 g/mol. The van der Waals surface area contributed by atoms with E-state index >= 15 is 0 Å². The zero-order valence-electron chi connectivity index (χ0n) is 18.5. The molecule has 0 aromatic heterocycles. The minimum atomic E-state index is -0.703. The smallest absolute Gasteiger partial charge is 0.437 e. The van der Waals surface area contributed by atoms with Gasteiger partial charge in [0, 0.05) is 0 Å². The second kappa shape index (κ2) is 11.0. The zero-order chi connectivity index (χ0) is 21.3. The maximum Gasteiger partial charge on any atom is 0.513 e. The van der Waals surface area contributed by atoms with Crippen LogP contribution in [0.25, 0.3) is 16.7 Å². The molecular formula is C27H34O3. The van der Waals surface area contributed by atoms with Crippen molar-refractivity contribution >= 4 is 11.7 Å². The molecule has 2 aromatic carbocycles. The lowest BCUT2D eigenvalue weighted by Crippen LogP contribution is -2.08. The van der Waals surface area contributed by atoms with Crippen molar-refractivity contribution in [2.45, 2.75) is 58.8 Å². The summed E-state index contributed by atoms with van der Waals surface area (Å²) in [5, 5.41) is 0. The Morgan fingerprint density at radius 3 is 2.10 bits per heavy atom. The first-order chi connectivity index (χ1) is 14.6. The van der Waals surface area contributed by atoms with E-state index in [0.29, 0.717) is 5.75 Å². The second-order valence-electron chi connectivity index (χ2n) is 8.29. The van der Waals surface area contributed by atoms with Crippen LogP contribution in [0, 0.1) is 11.8 Å². The van der Waals surface area contributed by atoms with Crippen molar-refractivity contribution in [1.29, 1.82) is 0 Å². The van der Waals surface area contributed by atoms with E-state index in [2.05, 4.69) is 48.9 Å². The molecule has 0 amide bonds. The summed E-state index contributed by atoms with van der Waals surface area (Å²) in [4.78, 5) is 11.2. The molecule has 0 spiro atoms. The Kier molecular flexibility index (Phi) is 8.12. The topological polar surface area (TPSA) is 35.5 Å². The fraction of sp³-hybridized carbons (Fsp3) is 0.444. The van der Waals surface area contributed by atoms with Crippen molar-refractivity contribution in [1.82, 2.24) is 0 Å². The van der Waals surface area contributed by atoms with Crippen LogP contribution in [-0.2, 0) is 4.74 Å². The van der Waals surface area contributed by atoms with Crippen LogP contribution < -0.4 is 4.74 Å². The average Bonchev–Trinajstić information content (AvgIpc) is 2.81. The Balaban J connectivity index is 1.57. The first-order valence-electron chi connectivity index (χ1n) is 11.3. The Morgan fingerprint density at radius 2 is 1.57 bits per heavy atom. The molecule has 1 atom stereocenters. The van der Waals surface area contributed by atoms with Gasteiger partial charge < -0.3 is 9.47 Å². The molecule has 3 nitrogen and oxygen atoms in total. The standard InChI is InChI=1S/C27H34O3/c1-4-20(5-2)6-7-21-8-10-22(11-9-21)23-12-14-24(15-13-23)25-16-18-26(19-17-25)30-27(28)29-3/h10,12-21H,4-9,11H2,1-3H3. The number of benzene rings is 2. The van der Waals surface area contributed by atoms with E-state index in [-0.39, 0.29) is 0 Å². The van der Waals surface area contributed by atoms with Crippen molar-refractivity contribution in [3.63, 3.8) is 0 Å². The quantitative estimate of drug-likeness (QED) is 0.330. The van der Waals surface area contributed by atoms with Gasteiger partial charge in [-0.15, -0.1) is 0 Å². The molecule has 0 saturated carbocycles. The SMILES string of the molecule is CCC(CC)CCC1CC=C(c2ccc(-c3ccc(OC(=O)OC)cc3)cc2)CC1. The molecule has 3 rings (SSSR count). The van der Waals surface area contributed by atoms with Gasteiger partial charge in [-0.2, -0.15) is 0 Å². The number of rotatable bonds is 8. The molecule has 30 heavy (non-hydrogen) atoms. The molecule has 0 aliphatic heterocycles. The normalized spacial score (nSPS) is 16.3. The maximum absolute atomic E-state index is 11.2. The van der Waals surface area contributed by atoms with Crippen molar-refractivity contribution < 1.29 is 14.3 Å². The van der Waals surface area contributed by atoms with Gasteiger partial charge in [0.2, 0.25) is 0 Å². The van der Waals surface area contributed by atoms with Crippen LogP contribution in [0.2, 0.25) is 0 Å². The molecule has 3 heteroatoms. The monoisotopic (exact) mass is 406 g/mol. The third-order valence-corrected chi connectivity index (χ3v) is 6.47.